The van der Waals surface area contributed by atoms with E-state index in [-0.39, 0.29) is 6.10 Å². The third kappa shape index (κ3) is 3.74. The van der Waals surface area contributed by atoms with Crippen molar-refractivity contribution < 1.29 is 5.11 Å². The van der Waals surface area contributed by atoms with E-state index < -0.39 is 0 Å². The first-order chi connectivity index (χ1) is 14.2. The van der Waals surface area contributed by atoms with Crippen LogP contribution in [0.2, 0.25) is 0 Å². The molecule has 0 radical (unpaired) electrons. The lowest BCUT2D eigenvalue weighted by molar-refractivity contribution is -0.0584. The fraction of sp³-hybridized carbons (Fsp3) is 0.931. The molecule has 3 fully saturated rings. The van der Waals surface area contributed by atoms with Gasteiger partial charge in [0, 0.05) is 0 Å². The van der Waals surface area contributed by atoms with E-state index in [1.807, 2.05) is 0 Å². The zero-order chi connectivity index (χ0) is 21.7. The van der Waals surface area contributed by atoms with Gasteiger partial charge in [0.25, 0.3) is 0 Å². The van der Waals surface area contributed by atoms with Crippen LogP contribution >= 0.6 is 0 Å². The van der Waals surface area contributed by atoms with E-state index in [1.165, 1.54) is 57.8 Å². The number of aliphatic hydroxyl groups is 1. The molecular weight excluding hydrogens is 364 g/mol. The van der Waals surface area contributed by atoms with Crippen LogP contribution in [0.15, 0.2) is 11.6 Å². The third-order valence-electron chi connectivity index (χ3n) is 11.1. The predicted molar refractivity (Wildman–Crippen MR) is 128 cm³/mol. The van der Waals surface area contributed by atoms with Gasteiger partial charge in [-0.05, 0) is 110 Å². The van der Waals surface area contributed by atoms with Gasteiger partial charge >= 0.3 is 0 Å². The summed E-state index contributed by atoms with van der Waals surface area (Å²) in [6, 6.07) is 0. The molecule has 3 saturated carbocycles. The molecule has 0 aromatic carbocycles. The fourth-order valence-electron chi connectivity index (χ4n) is 9.35. The van der Waals surface area contributed by atoms with Crippen molar-refractivity contribution in [3.63, 3.8) is 0 Å². The summed E-state index contributed by atoms with van der Waals surface area (Å²) >= 11 is 0. The number of allylic oxidation sites excluding steroid dienone is 1. The van der Waals surface area contributed by atoms with Crippen LogP contribution in [0.1, 0.15) is 112 Å². The lowest BCUT2D eigenvalue weighted by Gasteiger charge is -2.58. The van der Waals surface area contributed by atoms with E-state index >= 15 is 0 Å². The molecule has 9 atom stereocenters. The third-order valence-corrected chi connectivity index (χ3v) is 11.1. The standard InChI is InChI=1S/C29H50O/c1-7-8-21(19(2)3)17-20(4)25-11-12-26-24-10-9-22-18-23(30)13-15-28(22,5)27(24)14-16-29(25,26)6/h9,19-21,23-27,30H,7-8,10-18H2,1-6H3/t20-,21-,23+,24-,25-,26-,27-,28+,29-/m1/s1. The summed E-state index contributed by atoms with van der Waals surface area (Å²) in [6.45, 7) is 15.1. The van der Waals surface area contributed by atoms with Gasteiger partial charge in [-0.3, -0.25) is 0 Å². The van der Waals surface area contributed by atoms with Crippen molar-refractivity contribution in [1.82, 2.24) is 0 Å². The molecule has 1 nitrogen and oxygen atoms in total. The van der Waals surface area contributed by atoms with Crippen molar-refractivity contribution in [2.24, 2.45) is 52.3 Å². The first-order valence-electron chi connectivity index (χ1n) is 13.6. The van der Waals surface area contributed by atoms with Crippen LogP contribution in [0.5, 0.6) is 0 Å². The van der Waals surface area contributed by atoms with Gasteiger partial charge in [0.05, 0.1) is 6.10 Å². The van der Waals surface area contributed by atoms with E-state index in [2.05, 4.69) is 47.6 Å². The van der Waals surface area contributed by atoms with Crippen LogP contribution in [-0.2, 0) is 0 Å². The number of aliphatic hydroxyl groups excluding tert-OH is 1. The maximum atomic E-state index is 10.3. The highest BCUT2D eigenvalue weighted by molar-refractivity contribution is 5.25. The zero-order valence-electron chi connectivity index (χ0n) is 20.9. The predicted octanol–water partition coefficient (Wildman–Crippen LogP) is 8.02. The van der Waals surface area contributed by atoms with Gasteiger partial charge in [0.1, 0.15) is 0 Å². The Balaban J connectivity index is 1.51. The Kier molecular flexibility index (Phi) is 6.53. The molecule has 0 aromatic heterocycles. The van der Waals surface area contributed by atoms with Crippen LogP contribution in [0.4, 0.5) is 0 Å². The Morgan fingerprint density at radius 3 is 2.50 bits per heavy atom. The Morgan fingerprint density at radius 2 is 1.80 bits per heavy atom. The summed E-state index contributed by atoms with van der Waals surface area (Å²) in [5, 5.41) is 10.3. The van der Waals surface area contributed by atoms with Crippen LogP contribution in [-0.4, -0.2) is 11.2 Å². The van der Waals surface area contributed by atoms with Crippen LogP contribution in [0.3, 0.4) is 0 Å². The van der Waals surface area contributed by atoms with Gasteiger partial charge in [0.2, 0.25) is 0 Å². The molecule has 4 rings (SSSR count). The van der Waals surface area contributed by atoms with Crippen molar-refractivity contribution in [2.75, 3.05) is 0 Å². The second-order valence-corrected chi connectivity index (χ2v) is 12.9. The Labute approximate surface area is 187 Å². The molecule has 0 saturated heterocycles. The van der Waals surface area contributed by atoms with Crippen LogP contribution in [0.25, 0.3) is 0 Å². The van der Waals surface area contributed by atoms with E-state index in [4.69, 9.17) is 0 Å². The normalized spacial score (nSPS) is 45.3. The molecule has 30 heavy (non-hydrogen) atoms. The summed E-state index contributed by atoms with van der Waals surface area (Å²) in [6.07, 6.45) is 17.1. The Hall–Kier alpha value is -0.300. The highest BCUT2D eigenvalue weighted by Gasteiger charge is 2.59. The number of rotatable bonds is 6. The van der Waals surface area contributed by atoms with Gasteiger partial charge in [-0.15, -0.1) is 0 Å². The van der Waals surface area contributed by atoms with Gasteiger partial charge in [-0.1, -0.05) is 66.0 Å². The van der Waals surface area contributed by atoms with Crippen molar-refractivity contribution in [1.29, 1.82) is 0 Å². The molecule has 4 aliphatic carbocycles. The Morgan fingerprint density at radius 1 is 1.03 bits per heavy atom. The summed E-state index contributed by atoms with van der Waals surface area (Å²) in [5.41, 5.74) is 2.58. The highest BCUT2D eigenvalue weighted by Crippen LogP contribution is 2.67. The molecule has 0 bridgehead atoms. The molecule has 0 unspecified atom stereocenters. The second-order valence-electron chi connectivity index (χ2n) is 12.9. The molecule has 0 spiro atoms. The summed E-state index contributed by atoms with van der Waals surface area (Å²) in [4.78, 5) is 0. The Bertz CT molecular complexity index is 634. The molecule has 0 heterocycles. The van der Waals surface area contributed by atoms with E-state index in [1.54, 1.807) is 5.57 Å². The lowest BCUT2D eigenvalue weighted by atomic mass is 9.47. The van der Waals surface area contributed by atoms with Crippen molar-refractivity contribution >= 4 is 0 Å². The summed E-state index contributed by atoms with van der Waals surface area (Å²) in [7, 11) is 0. The summed E-state index contributed by atoms with van der Waals surface area (Å²) in [5.74, 6) is 6.28. The molecule has 1 N–H and O–H groups in total. The lowest BCUT2D eigenvalue weighted by Crippen LogP contribution is -2.50. The summed E-state index contributed by atoms with van der Waals surface area (Å²) < 4.78 is 0. The van der Waals surface area contributed by atoms with Gasteiger partial charge < -0.3 is 5.11 Å². The van der Waals surface area contributed by atoms with E-state index in [0.29, 0.717) is 10.8 Å². The van der Waals surface area contributed by atoms with E-state index in [0.717, 1.165) is 54.3 Å². The minimum Gasteiger partial charge on any atom is -0.393 e. The molecule has 1 heteroatoms. The first kappa shape index (κ1) is 22.9. The average molecular weight is 415 g/mol. The largest absolute Gasteiger partial charge is 0.393 e. The van der Waals surface area contributed by atoms with E-state index in [9.17, 15) is 5.11 Å². The molecule has 0 aliphatic heterocycles. The minimum absolute atomic E-state index is 0.0801. The highest BCUT2D eigenvalue weighted by atomic mass is 16.3. The molecule has 0 amide bonds. The second kappa shape index (κ2) is 8.57. The topological polar surface area (TPSA) is 20.2 Å². The maximum Gasteiger partial charge on any atom is 0.0577 e. The van der Waals surface area contributed by atoms with Crippen molar-refractivity contribution in [3.8, 4) is 0 Å². The van der Waals surface area contributed by atoms with Gasteiger partial charge in [-0.2, -0.15) is 0 Å². The minimum atomic E-state index is -0.0801. The zero-order valence-corrected chi connectivity index (χ0v) is 20.9. The van der Waals surface area contributed by atoms with Crippen LogP contribution < -0.4 is 0 Å². The first-order valence-corrected chi connectivity index (χ1v) is 13.6. The quantitative estimate of drug-likeness (QED) is 0.436. The number of hydrogen-bond donors (Lipinski definition) is 1. The monoisotopic (exact) mass is 414 g/mol. The molecule has 0 aromatic rings. The molecular formula is C29H50O. The number of fused-ring (bicyclic) bond motifs is 5. The van der Waals surface area contributed by atoms with Crippen molar-refractivity contribution in [2.45, 2.75) is 118 Å². The van der Waals surface area contributed by atoms with Crippen molar-refractivity contribution in [3.05, 3.63) is 11.6 Å². The SMILES string of the molecule is CCC[C@H](C[C@@H](C)[C@H]1CC[C@@H]2[C@H]3CC=C4C[C@@H](O)CC[C@]4(C)[C@@H]3CC[C@@]21C)C(C)C. The average Bonchev–Trinajstić information content (AvgIpc) is 3.05. The molecule has 172 valence electrons. The van der Waals surface area contributed by atoms with Crippen LogP contribution in [0, 0.1) is 52.3 Å². The fourth-order valence-corrected chi connectivity index (χ4v) is 9.35. The molecule has 4 aliphatic rings. The smallest absolute Gasteiger partial charge is 0.0577 e. The van der Waals surface area contributed by atoms with Gasteiger partial charge in [0.15, 0.2) is 0 Å². The van der Waals surface area contributed by atoms with Gasteiger partial charge in [-0.25, -0.2) is 0 Å². The number of hydrogen-bond acceptors (Lipinski definition) is 1. The maximum absolute atomic E-state index is 10.3.